The van der Waals surface area contributed by atoms with Crippen molar-refractivity contribution in [3.05, 3.63) is 61.6 Å². The third-order valence-corrected chi connectivity index (χ3v) is 5.74. The lowest BCUT2D eigenvalue weighted by Crippen LogP contribution is -2.23. The molecule has 0 aliphatic rings. The summed E-state index contributed by atoms with van der Waals surface area (Å²) in [7, 11) is 4.49. The van der Waals surface area contributed by atoms with E-state index in [1.807, 2.05) is 0 Å². The van der Waals surface area contributed by atoms with Gasteiger partial charge in [-0.3, -0.25) is 4.79 Å². The summed E-state index contributed by atoms with van der Waals surface area (Å²) in [5.41, 5.74) is 0.300. The van der Waals surface area contributed by atoms with E-state index in [9.17, 15) is 9.18 Å². The Morgan fingerprint density at radius 1 is 1.10 bits per heavy atom. The quantitative estimate of drug-likeness (QED) is 0.468. The summed E-state index contributed by atoms with van der Waals surface area (Å²) in [5.74, 6) is 1.02. The minimum atomic E-state index is -0.518. The molecule has 0 aliphatic heterocycles. The van der Waals surface area contributed by atoms with Gasteiger partial charge in [-0.25, -0.2) is 8.79 Å². The molecule has 0 bridgehead atoms. The molecule has 0 fully saturated rings. The first-order chi connectivity index (χ1) is 14.5. The molecule has 2 heterocycles. The second kappa shape index (κ2) is 7.92. The monoisotopic (exact) mass is 447 g/mol. The largest absolute Gasteiger partial charge is 0.493 e. The number of rotatable bonds is 5. The fourth-order valence-corrected chi connectivity index (χ4v) is 4.15. The summed E-state index contributed by atoms with van der Waals surface area (Å²) in [6.07, 6.45) is 1.41. The van der Waals surface area contributed by atoms with Gasteiger partial charge in [-0.15, -0.1) is 10.2 Å². The SMILES string of the molecule is COc1cc(-c2nnc3s/c(=C\c4c(F)cccc4Cl)c(=O)n23)cc(OC)c1OC. The van der Waals surface area contributed by atoms with Gasteiger partial charge < -0.3 is 14.2 Å². The zero-order valence-electron chi connectivity index (χ0n) is 16.1. The molecule has 0 saturated heterocycles. The third-order valence-electron chi connectivity index (χ3n) is 4.45. The molecular formula is C20H15ClFN3O4S. The summed E-state index contributed by atoms with van der Waals surface area (Å²) in [4.78, 5) is 13.4. The summed E-state index contributed by atoms with van der Waals surface area (Å²) in [6, 6.07) is 7.69. The van der Waals surface area contributed by atoms with Gasteiger partial charge in [0.05, 0.1) is 30.9 Å². The van der Waals surface area contributed by atoms with E-state index in [1.165, 1.54) is 43.9 Å². The fourth-order valence-electron chi connectivity index (χ4n) is 3.04. The Morgan fingerprint density at radius 2 is 1.80 bits per heavy atom. The van der Waals surface area contributed by atoms with Crippen molar-refractivity contribution in [2.75, 3.05) is 21.3 Å². The predicted octanol–water partition coefficient (Wildman–Crippen LogP) is 3.18. The van der Waals surface area contributed by atoms with E-state index in [-0.39, 0.29) is 20.7 Å². The first-order valence-electron chi connectivity index (χ1n) is 8.62. The van der Waals surface area contributed by atoms with E-state index in [0.717, 1.165) is 11.3 Å². The van der Waals surface area contributed by atoms with Crippen LogP contribution >= 0.6 is 22.9 Å². The topological polar surface area (TPSA) is 75.0 Å². The van der Waals surface area contributed by atoms with Crippen LogP contribution in [0.4, 0.5) is 4.39 Å². The van der Waals surface area contributed by atoms with Gasteiger partial charge in [-0.2, -0.15) is 0 Å². The fraction of sp³-hybridized carbons (Fsp3) is 0.150. The lowest BCUT2D eigenvalue weighted by Gasteiger charge is -2.13. The Labute approximate surface area is 178 Å². The summed E-state index contributed by atoms with van der Waals surface area (Å²) < 4.78 is 31.8. The second-order valence-electron chi connectivity index (χ2n) is 6.11. The van der Waals surface area contributed by atoms with Gasteiger partial charge in [0.15, 0.2) is 17.3 Å². The minimum Gasteiger partial charge on any atom is -0.493 e. The van der Waals surface area contributed by atoms with Gasteiger partial charge >= 0.3 is 0 Å². The van der Waals surface area contributed by atoms with Crippen LogP contribution in [-0.2, 0) is 0 Å². The van der Waals surface area contributed by atoms with Gasteiger partial charge in [-0.05, 0) is 30.3 Å². The number of hydrogen-bond donors (Lipinski definition) is 0. The molecule has 0 aliphatic carbocycles. The highest BCUT2D eigenvalue weighted by molar-refractivity contribution is 7.15. The van der Waals surface area contributed by atoms with Crippen LogP contribution < -0.4 is 24.3 Å². The second-order valence-corrected chi connectivity index (χ2v) is 7.52. The highest BCUT2D eigenvalue weighted by Gasteiger charge is 2.20. The normalized spacial score (nSPS) is 11.8. The Bertz CT molecular complexity index is 1320. The molecule has 0 saturated carbocycles. The molecule has 0 amide bonds. The van der Waals surface area contributed by atoms with Gasteiger partial charge in [0.1, 0.15) is 5.82 Å². The van der Waals surface area contributed by atoms with Crippen LogP contribution in [0, 0.1) is 5.82 Å². The number of halogens is 2. The maximum absolute atomic E-state index is 14.1. The zero-order chi connectivity index (χ0) is 21.4. The maximum atomic E-state index is 14.1. The summed E-state index contributed by atoms with van der Waals surface area (Å²) >= 11 is 7.17. The molecule has 30 heavy (non-hydrogen) atoms. The number of aromatic nitrogens is 3. The van der Waals surface area contributed by atoms with Crippen LogP contribution in [0.15, 0.2) is 35.1 Å². The Kier molecular flexibility index (Phi) is 5.31. The van der Waals surface area contributed by atoms with Crippen LogP contribution in [0.1, 0.15) is 5.56 Å². The van der Waals surface area contributed by atoms with Crippen molar-refractivity contribution >= 4 is 34.0 Å². The van der Waals surface area contributed by atoms with E-state index in [0.29, 0.717) is 33.6 Å². The lowest BCUT2D eigenvalue weighted by molar-refractivity contribution is 0.324. The number of benzene rings is 2. The van der Waals surface area contributed by atoms with Crippen LogP contribution in [0.2, 0.25) is 5.02 Å². The van der Waals surface area contributed by atoms with Crippen LogP contribution in [-0.4, -0.2) is 35.9 Å². The molecule has 0 radical (unpaired) electrons. The Balaban J connectivity index is 1.94. The molecule has 0 N–H and O–H groups in total. The predicted molar refractivity (Wildman–Crippen MR) is 112 cm³/mol. The number of fused-ring (bicyclic) bond motifs is 1. The molecule has 2 aromatic heterocycles. The van der Waals surface area contributed by atoms with Crippen LogP contribution in [0.25, 0.3) is 22.4 Å². The molecule has 154 valence electrons. The standard InChI is InChI=1S/C20H15ClFN3O4S/c1-27-14-7-10(8-15(28-2)17(14)29-3)18-23-24-20-25(18)19(26)16(30-20)9-11-12(21)5-4-6-13(11)22/h4-9H,1-3H3/b16-9-. The van der Waals surface area contributed by atoms with Crippen molar-refractivity contribution in [2.24, 2.45) is 0 Å². The van der Waals surface area contributed by atoms with E-state index >= 15 is 0 Å². The molecule has 0 atom stereocenters. The van der Waals surface area contributed by atoms with Crippen molar-refractivity contribution in [1.29, 1.82) is 0 Å². The van der Waals surface area contributed by atoms with Crippen molar-refractivity contribution in [1.82, 2.24) is 14.6 Å². The van der Waals surface area contributed by atoms with Crippen molar-refractivity contribution in [3.63, 3.8) is 0 Å². The van der Waals surface area contributed by atoms with Gasteiger partial charge in [0.25, 0.3) is 5.56 Å². The molecule has 10 heteroatoms. The van der Waals surface area contributed by atoms with Crippen LogP contribution in [0.5, 0.6) is 17.2 Å². The Hall–Kier alpha value is -3.17. The molecule has 4 aromatic rings. The molecule has 0 unspecified atom stereocenters. The highest BCUT2D eigenvalue weighted by atomic mass is 35.5. The summed E-state index contributed by atoms with van der Waals surface area (Å²) in [6.45, 7) is 0. The van der Waals surface area contributed by atoms with Crippen molar-refractivity contribution < 1.29 is 18.6 Å². The number of thiazole rings is 1. The van der Waals surface area contributed by atoms with E-state index < -0.39 is 5.82 Å². The van der Waals surface area contributed by atoms with Crippen molar-refractivity contribution in [2.45, 2.75) is 0 Å². The third kappa shape index (κ3) is 3.25. The average molecular weight is 448 g/mol. The Morgan fingerprint density at radius 3 is 2.40 bits per heavy atom. The highest BCUT2D eigenvalue weighted by Crippen LogP contribution is 2.40. The molecule has 4 rings (SSSR count). The van der Waals surface area contributed by atoms with E-state index in [1.54, 1.807) is 18.2 Å². The number of hydrogen-bond acceptors (Lipinski definition) is 7. The molecular weight excluding hydrogens is 433 g/mol. The van der Waals surface area contributed by atoms with E-state index in [4.69, 9.17) is 25.8 Å². The number of nitrogens with zero attached hydrogens (tertiary/aromatic N) is 3. The zero-order valence-corrected chi connectivity index (χ0v) is 17.7. The van der Waals surface area contributed by atoms with Crippen molar-refractivity contribution in [3.8, 4) is 28.6 Å². The first-order valence-corrected chi connectivity index (χ1v) is 9.82. The van der Waals surface area contributed by atoms with Gasteiger partial charge in [-0.1, -0.05) is 29.0 Å². The smallest absolute Gasteiger partial charge is 0.276 e. The molecule has 7 nitrogen and oxygen atoms in total. The number of ether oxygens (including phenoxy) is 3. The maximum Gasteiger partial charge on any atom is 0.276 e. The van der Waals surface area contributed by atoms with Gasteiger partial charge in [0.2, 0.25) is 10.7 Å². The minimum absolute atomic E-state index is 0.142. The van der Waals surface area contributed by atoms with Crippen LogP contribution in [0.3, 0.4) is 0 Å². The average Bonchev–Trinajstić information content (AvgIpc) is 3.29. The van der Waals surface area contributed by atoms with E-state index in [2.05, 4.69) is 10.2 Å². The molecule has 2 aromatic carbocycles. The summed E-state index contributed by atoms with van der Waals surface area (Å²) in [5, 5.41) is 8.43. The first kappa shape index (κ1) is 20.1. The van der Waals surface area contributed by atoms with Gasteiger partial charge in [0, 0.05) is 11.1 Å². The number of methoxy groups -OCH3 is 3. The lowest BCUT2D eigenvalue weighted by atomic mass is 10.1. The molecule has 0 spiro atoms.